The first-order valence-electron chi connectivity index (χ1n) is 4.72. The average molecular weight is 218 g/mol. The van der Waals surface area contributed by atoms with E-state index in [0.717, 1.165) is 5.69 Å². The molecule has 1 aromatic heterocycles. The van der Waals surface area contributed by atoms with E-state index in [2.05, 4.69) is 0 Å². The van der Waals surface area contributed by atoms with Crippen molar-refractivity contribution in [3.8, 4) is 6.07 Å². The van der Waals surface area contributed by atoms with Crippen LogP contribution in [0, 0.1) is 11.3 Å². The lowest BCUT2D eigenvalue weighted by Gasteiger charge is -2.19. The van der Waals surface area contributed by atoms with Crippen LogP contribution in [-0.2, 0) is 11.8 Å². The SMILES string of the molecule is CN(C)/C(=C(/C#N)C(N)=O)c1cccn1C. The molecule has 0 saturated heterocycles. The molecule has 0 spiro atoms. The topological polar surface area (TPSA) is 75.1 Å². The van der Waals surface area contributed by atoms with Crippen LogP contribution in [0.3, 0.4) is 0 Å². The van der Waals surface area contributed by atoms with Gasteiger partial charge in [-0.1, -0.05) is 0 Å². The molecule has 0 atom stereocenters. The molecule has 0 fully saturated rings. The van der Waals surface area contributed by atoms with Gasteiger partial charge in [-0.3, -0.25) is 4.79 Å². The van der Waals surface area contributed by atoms with Crippen LogP contribution in [0.4, 0.5) is 0 Å². The van der Waals surface area contributed by atoms with Crippen LogP contribution in [0.25, 0.3) is 5.70 Å². The third-order valence-corrected chi connectivity index (χ3v) is 2.23. The number of primary amides is 1. The zero-order valence-corrected chi connectivity index (χ0v) is 9.56. The van der Waals surface area contributed by atoms with E-state index >= 15 is 0 Å². The van der Waals surface area contributed by atoms with Gasteiger partial charge < -0.3 is 15.2 Å². The molecule has 0 aliphatic carbocycles. The lowest BCUT2D eigenvalue weighted by atomic mass is 10.1. The van der Waals surface area contributed by atoms with Crippen LogP contribution in [0.15, 0.2) is 23.9 Å². The molecule has 1 amide bonds. The van der Waals surface area contributed by atoms with Crippen molar-refractivity contribution in [2.75, 3.05) is 14.1 Å². The third kappa shape index (κ3) is 2.06. The maximum atomic E-state index is 11.2. The van der Waals surface area contributed by atoms with E-state index in [9.17, 15) is 4.79 Å². The second-order valence-corrected chi connectivity index (χ2v) is 3.60. The minimum atomic E-state index is -0.715. The number of amides is 1. The molecule has 1 heterocycles. The number of aryl methyl sites for hydroxylation is 1. The highest BCUT2D eigenvalue weighted by molar-refractivity contribution is 6.03. The number of nitriles is 1. The molecule has 1 rings (SSSR count). The maximum Gasteiger partial charge on any atom is 0.261 e. The van der Waals surface area contributed by atoms with Gasteiger partial charge in [0.25, 0.3) is 5.91 Å². The Morgan fingerprint density at radius 2 is 2.19 bits per heavy atom. The fraction of sp³-hybridized carbons (Fsp3) is 0.273. The number of nitrogens with two attached hydrogens (primary N) is 1. The van der Waals surface area contributed by atoms with Crippen molar-refractivity contribution in [1.82, 2.24) is 9.47 Å². The Balaban J connectivity index is 3.47. The first-order chi connectivity index (χ1) is 7.49. The third-order valence-electron chi connectivity index (χ3n) is 2.23. The van der Waals surface area contributed by atoms with Crippen LogP contribution in [0.1, 0.15) is 5.69 Å². The summed E-state index contributed by atoms with van der Waals surface area (Å²) in [5.74, 6) is -0.715. The monoisotopic (exact) mass is 218 g/mol. The largest absolute Gasteiger partial charge is 0.375 e. The van der Waals surface area contributed by atoms with Gasteiger partial charge >= 0.3 is 0 Å². The first kappa shape index (κ1) is 11.9. The van der Waals surface area contributed by atoms with E-state index in [1.807, 2.05) is 36.0 Å². The fourth-order valence-electron chi connectivity index (χ4n) is 1.51. The van der Waals surface area contributed by atoms with E-state index in [1.54, 1.807) is 19.0 Å². The van der Waals surface area contributed by atoms with Crippen molar-refractivity contribution < 1.29 is 4.79 Å². The van der Waals surface area contributed by atoms with Crippen LogP contribution < -0.4 is 5.73 Å². The zero-order valence-electron chi connectivity index (χ0n) is 9.56. The molecule has 0 aliphatic rings. The van der Waals surface area contributed by atoms with Gasteiger partial charge in [0.1, 0.15) is 11.6 Å². The van der Waals surface area contributed by atoms with Crippen molar-refractivity contribution in [2.45, 2.75) is 0 Å². The van der Waals surface area contributed by atoms with E-state index in [1.165, 1.54) is 0 Å². The molecule has 0 bridgehead atoms. The van der Waals surface area contributed by atoms with E-state index in [-0.39, 0.29) is 5.57 Å². The summed E-state index contributed by atoms with van der Waals surface area (Å²) in [6.45, 7) is 0. The normalized spacial score (nSPS) is 11.6. The molecule has 84 valence electrons. The Labute approximate surface area is 94.4 Å². The molecular weight excluding hydrogens is 204 g/mol. The van der Waals surface area contributed by atoms with Crippen LogP contribution >= 0.6 is 0 Å². The standard InChI is InChI=1S/C11H14N4O/c1-14(2)10(8(7-12)11(13)16)9-5-4-6-15(9)3/h4-6H,1-3H3,(H2,13,16)/b10-8-. The Bertz CT molecular complexity index is 476. The van der Waals surface area contributed by atoms with Crippen molar-refractivity contribution in [3.05, 3.63) is 29.6 Å². The summed E-state index contributed by atoms with van der Waals surface area (Å²) in [5, 5.41) is 8.96. The smallest absolute Gasteiger partial charge is 0.261 e. The Kier molecular flexibility index (Phi) is 3.36. The summed E-state index contributed by atoms with van der Waals surface area (Å²) in [6, 6.07) is 5.52. The molecule has 16 heavy (non-hydrogen) atoms. The minimum absolute atomic E-state index is 0.0354. The van der Waals surface area contributed by atoms with E-state index < -0.39 is 5.91 Å². The van der Waals surface area contributed by atoms with Gasteiger partial charge in [0.2, 0.25) is 0 Å². The summed E-state index contributed by atoms with van der Waals surface area (Å²) >= 11 is 0. The number of rotatable bonds is 3. The highest BCUT2D eigenvalue weighted by atomic mass is 16.1. The number of hydrogen-bond acceptors (Lipinski definition) is 3. The zero-order chi connectivity index (χ0) is 12.3. The molecule has 1 aromatic rings. The minimum Gasteiger partial charge on any atom is -0.375 e. The molecule has 5 heteroatoms. The van der Waals surface area contributed by atoms with Crippen molar-refractivity contribution in [3.63, 3.8) is 0 Å². The molecule has 0 aromatic carbocycles. The van der Waals surface area contributed by atoms with E-state index in [4.69, 9.17) is 11.0 Å². The highest BCUT2D eigenvalue weighted by Gasteiger charge is 2.17. The Morgan fingerprint density at radius 1 is 1.56 bits per heavy atom. The summed E-state index contributed by atoms with van der Waals surface area (Å²) in [5.41, 5.74) is 6.46. The Morgan fingerprint density at radius 3 is 2.50 bits per heavy atom. The van der Waals surface area contributed by atoms with Crippen molar-refractivity contribution in [2.24, 2.45) is 12.8 Å². The molecule has 2 N–H and O–H groups in total. The fourth-order valence-corrected chi connectivity index (χ4v) is 1.51. The molecule has 0 aliphatic heterocycles. The number of aromatic nitrogens is 1. The van der Waals surface area contributed by atoms with Crippen LogP contribution in [0.5, 0.6) is 0 Å². The van der Waals surface area contributed by atoms with Crippen molar-refractivity contribution in [1.29, 1.82) is 5.26 Å². The summed E-state index contributed by atoms with van der Waals surface area (Å²) in [6.07, 6.45) is 1.84. The average Bonchev–Trinajstić information content (AvgIpc) is 2.59. The van der Waals surface area contributed by atoms with Gasteiger partial charge in [0, 0.05) is 27.3 Å². The summed E-state index contributed by atoms with van der Waals surface area (Å²) in [7, 11) is 5.38. The number of hydrogen-bond donors (Lipinski definition) is 1. The predicted octanol–water partition coefficient (Wildman–Crippen LogP) is 0.307. The lowest BCUT2D eigenvalue weighted by Crippen LogP contribution is -2.21. The van der Waals surface area contributed by atoms with Gasteiger partial charge in [-0.2, -0.15) is 5.26 Å². The lowest BCUT2D eigenvalue weighted by molar-refractivity contribution is -0.114. The van der Waals surface area contributed by atoms with Crippen LogP contribution in [0.2, 0.25) is 0 Å². The van der Waals surface area contributed by atoms with Gasteiger partial charge in [-0.25, -0.2) is 0 Å². The quantitative estimate of drug-likeness (QED) is 0.586. The highest BCUT2D eigenvalue weighted by Crippen LogP contribution is 2.20. The summed E-state index contributed by atoms with van der Waals surface area (Å²) < 4.78 is 1.83. The molecule has 0 radical (unpaired) electrons. The van der Waals surface area contributed by atoms with Gasteiger partial charge in [-0.05, 0) is 12.1 Å². The van der Waals surface area contributed by atoms with Crippen molar-refractivity contribution >= 4 is 11.6 Å². The summed E-state index contributed by atoms with van der Waals surface area (Å²) in [4.78, 5) is 12.9. The molecule has 5 nitrogen and oxygen atoms in total. The number of carbonyl (C=O) groups is 1. The second-order valence-electron chi connectivity index (χ2n) is 3.60. The predicted molar refractivity (Wildman–Crippen MR) is 60.8 cm³/mol. The van der Waals surface area contributed by atoms with E-state index in [0.29, 0.717) is 5.70 Å². The molecule has 0 unspecified atom stereocenters. The maximum absolute atomic E-state index is 11.2. The molecule has 0 saturated carbocycles. The Hall–Kier alpha value is -2.22. The first-order valence-corrected chi connectivity index (χ1v) is 4.72. The van der Waals surface area contributed by atoms with Gasteiger partial charge in [0.05, 0.1) is 11.4 Å². The van der Waals surface area contributed by atoms with Gasteiger partial charge in [0.15, 0.2) is 0 Å². The number of carbonyl (C=O) groups excluding carboxylic acids is 1. The van der Waals surface area contributed by atoms with Crippen LogP contribution in [-0.4, -0.2) is 29.5 Å². The number of nitrogens with zero attached hydrogens (tertiary/aromatic N) is 3. The molecular formula is C11H14N4O. The second kappa shape index (κ2) is 4.53. The van der Waals surface area contributed by atoms with Gasteiger partial charge in [-0.15, -0.1) is 0 Å².